The van der Waals surface area contributed by atoms with Crippen LogP contribution in [0.4, 0.5) is 0 Å². The number of nitrogens with two attached hydrogens (primary N) is 1. The van der Waals surface area contributed by atoms with Gasteiger partial charge < -0.3 is 10.5 Å². The molecular weight excluding hydrogens is 288 g/mol. The largest absolute Gasteiger partial charge is 0.494 e. The normalized spacial score (nSPS) is 10.7. The van der Waals surface area contributed by atoms with Crippen LogP contribution in [0.5, 0.6) is 5.75 Å². The highest BCUT2D eigenvalue weighted by molar-refractivity contribution is 5.61. The van der Waals surface area contributed by atoms with Crippen LogP contribution >= 0.6 is 0 Å². The van der Waals surface area contributed by atoms with Crippen LogP contribution in [0.3, 0.4) is 0 Å². The van der Waals surface area contributed by atoms with Crippen LogP contribution in [-0.4, -0.2) is 21.4 Å². The number of aromatic nitrogens is 3. The van der Waals surface area contributed by atoms with Crippen molar-refractivity contribution in [3.8, 4) is 22.7 Å². The van der Waals surface area contributed by atoms with Gasteiger partial charge in [0.1, 0.15) is 5.75 Å². The topological polar surface area (TPSA) is 66.0 Å². The summed E-state index contributed by atoms with van der Waals surface area (Å²) in [7, 11) is 0. The van der Waals surface area contributed by atoms with E-state index in [4.69, 9.17) is 10.5 Å². The Morgan fingerprint density at radius 1 is 1.17 bits per heavy atom. The second-order valence-corrected chi connectivity index (χ2v) is 5.22. The van der Waals surface area contributed by atoms with Crippen LogP contribution in [0.2, 0.25) is 0 Å². The lowest BCUT2D eigenvalue weighted by Gasteiger charge is -2.09. The van der Waals surface area contributed by atoms with Crippen molar-refractivity contribution in [1.82, 2.24) is 14.8 Å². The summed E-state index contributed by atoms with van der Waals surface area (Å²) >= 11 is 0. The fraction of sp³-hybridized carbons (Fsp3) is 0.222. The van der Waals surface area contributed by atoms with Crippen molar-refractivity contribution in [2.24, 2.45) is 5.73 Å². The number of hydrogen-bond acceptors (Lipinski definition) is 4. The zero-order valence-electron chi connectivity index (χ0n) is 13.1. The molecule has 2 N–H and O–H groups in total. The van der Waals surface area contributed by atoms with Gasteiger partial charge >= 0.3 is 0 Å². The molecule has 0 aliphatic heterocycles. The van der Waals surface area contributed by atoms with E-state index in [9.17, 15) is 0 Å². The first-order chi connectivity index (χ1) is 11.3. The van der Waals surface area contributed by atoms with E-state index in [-0.39, 0.29) is 0 Å². The Labute approximate surface area is 135 Å². The molecule has 5 heteroatoms. The zero-order chi connectivity index (χ0) is 16.1. The lowest BCUT2D eigenvalue weighted by atomic mass is 10.2. The molecule has 2 aromatic heterocycles. The van der Waals surface area contributed by atoms with Crippen LogP contribution in [0.25, 0.3) is 16.9 Å². The molecule has 0 aliphatic carbocycles. The summed E-state index contributed by atoms with van der Waals surface area (Å²) in [5, 5.41) is 4.59. The Kier molecular flexibility index (Phi) is 4.68. The number of ether oxygens (including phenoxy) is 1. The van der Waals surface area contributed by atoms with Crippen LogP contribution in [-0.2, 0) is 6.54 Å². The molecule has 3 aromatic rings. The summed E-state index contributed by atoms with van der Waals surface area (Å²) in [6.45, 7) is 3.21. The number of hydrogen-bond donors (Lipinski definition) is 1. The van der Waals surface area contributed by atoms with Crippen LogP contribution in [0, 0.1) is 0 Å². The summed E-state index contributed by atoms with van der Waals surface area (Å²) in [5.74, 6) is 0.865. The molecule has 0 unspecified atom stereocenters. The molecule has 0 aliphatic rings. The Morgan fingerprint density at radius 2 is 2.00 bits per heavy atom. The standard InChI is InChI=1S/C18H20N4O/c1-2-10-23-17-7-5-16(6-8-17)22-18(11-15(12-19)21-22)14-4-3-9-20-13-14/h3-9,11,13H,2,10,12,19H2,1H3. The molecule has 5 nitrogen and oxygen atoms in total. The van der Waals surface area contributed by atoms with E-state index in [2.05, 4.69) is 17.0 Å². The van der Waals surface area contributed by atoms with Gasteiger partial charge in [-0.25, -0.2) is 4.68 Å². The monoisotopic (exact) mass is 308 g/mol. The molecule has 0 fully saturated rings. The van der Waals surface area contributed by atoms with Crippen LogP contribution in [0.1, 0.15) is 19.0 Å². The molecule has 0 atom stereocenters. The van der Waals surface area contributed by atoms with Crippen molar-refractivity contribution < 1.29 is 4.74 Å². The lowest BCUT2D eigenvalue weighted by molar-refractivity contribution is 0.317. The van der Waals surface area contributed by atoms with Crippen molar-refractivity contribution in [3.05, 3.63) is 60.6 Å². The molecule has 0 saturated carbocycles. The van der Waals surface area contributed by atoms with Gasteiger partial charge in [-0.05, 0) is 48.9 Å². The van der Waals surface area contributed by atoms with E-state index in [1.165, 1.54) is 0 Å². The smallest absolute Gasteiger partial charge is 0.119 e. The summed E-state index contributed by atoms with van der Waals surface area (Å²) in [4.78, 5) is 4.19. The third-order valence-corrected chi connectivity index (χ3v) is 3.48. The first kappa shape index (κ1) is 15.2. The predicted octanol–water partition coefficient (Wildman–Crippen LogP) is 3.18. The molecule has 0 amide bonds. The van der Waals surface area contributed by atoms with Crippen molar-refractivity contribution in [3.63, 3.8) is 0 Å². The second kappa shape index (κ2) is 7.07. The zero-order valence-corrected chi connectivity index (χ0v) is 13.1. The number of rotatable bonds is 6. The molecule has 0 bridgehead atoms. The van der Waals surface area contributed by atoms with Gasteiger partial charge in [0.15, 0.2) is 0 Å². The highest BCUT2D eigenvalue weighted by Gasteiger charge is 2.11. The number of pyridine rings is 1. The maximum atomic E-state index is 5.76. The SMILES string of the molecule is CCCOc1ccc(-n2nc(CN)cc2-c2cccnc2)cc1. The van der Waals surface area contributed by atoms with E-state index in [0.29, 0.717) is 6.54 Å². The second-order valence-electron chi connectivity index (χ2n) is 5.22. The van der Waals surface area contributed by atoms with E-state index >= 15 is 0 Å². The first-order valence-corrected chi connectivity index (χ1v) is 7.74. The number of benzene rings is 1. The quantitative estimate of drug-likeness (QED) is 0.759. The fourth-order valence-electron chi connectivity index (χ4n) is 2.35. The van der Waals surface area contributed by atoms with Gasteiger partial charge in [-0.2, -0.15) is 5.10 Å². The Hall–Kier alpha value is -2.66. The summed E-state index contributed by atoms with van der Waals surface area (Å²) < 4.78 is 7.52. The first-order valence-electron chi connectivity index (χ1n) is 7.74. The molecule has 0 spiro atoms. The Balaban J connectivity index is 1.97. The van der Waals surface area contributed by atoms with Gasteiger partial charge in [0.25, 0.3) is 0 Å². The minimum Gasteiger partial charge on any atom is -0.494 e. The van der Waals surface area contributed by atoms with Crippen molar-refractivity contribution in [1.29, 1.82) is 0 Å². The molecular formula is C18H20N4O. The summed E-state index contributed by atoms with van der Waals surface area (Å²) in [6.07, 6.45) is 4.58. The van der Waals surface area contributed by atoms with E-state index in [0.717, 1.165) is 41.4 Å². The highest BCUT2D eigenvalue weighted by atomic mass is 16.5. The van der Waals surface area contributed by atoms with Crippen LogP contribution < -0.4 is 10.5 Å². The van der Waals surface area contributed by atoms with Crippen LogP contribution in [0.15, 0.2) is 54.9 Å². The Morgan fingerprint density at radius 3 is 2.65 bits per heavy atom. The third kappa shape index (κ3) is 3.40. The average Bonchev–Trinajstić information content (AvgIpc) is 3.05. The highest BCUT2D eigenvalue weighted by Crippen LogP contribution is 2.24. The van der Waals surface area contributed by atoms with Gasteiger partial charge in [-0.3, -0.25) is 4.98 Å². The fourth-order valence-corrected chi connectivity index (χ4v) is 2.35. The molecule has 1 aromatic carbocycles. The van der Waals surface area contributed by atoms with Gasteiger partial charge in [0.2, 0.25) is 0 Å². The lowest BCUT2D eigenvalue weighted by Crippen LogP contribution is -2.02. The molecule has 118 valence electrons. The summed E-state index contributed by atoms with van der Waals surface area (Å²) in [6, 6.07) is 13.8. The van der Waals surface area contributed by atoms with E-state index in [1.54, 1.807) is 6.20 Å². The van der Waals surface area contributed by atoms with Crippen molar-refractivity contribution >= 4 is 0 Å². The Bertz CT molecular complexity index is 750. The van der Waals surface area contributed by atoms with Gasteiger partial charge in [0, 0.05) is 24.5 Å². The summed E-state index contributed by atoms with van der Waals surface area (Å²) in [5.41, 5.74) is 9.54. The predicted molar refractivity (Wildman–Crippen MR) is 90.5 cm³/mol. The third-order valence-electron chi connectivity index (χ3n) is 3.48. The minimum absolute atomic E-state index is 0.401. The number of nitrogens with zero attached hydrogens (tertiary/aromatic N) is 3. The molecule has 0 saturated heterocycles. The van der Waals surface area contributed by atoms with E-state index < -0.39 is 0 Å². The molecule has 23 heavy (non-hydrogen) atoms. The van der Waals surface area contributed by atoms with E-state index in [1.807, 2.05) is 53.3 Å². The van der Waals surface area contributed by atoms with Gasteiger partial charge in [-0.15, -0.1) is 0 Å². The maximum absolute atomic E-state index is 5.76. The molecule has 0 radical (unpaired) electrons. The molecule has 2 heterocycles. The maximum Gasteiger partial charge on any atom is 0.119 e. The molecule has 3 rings (SSSR count). The van der Waals surface area contributed by atoms with Crippen molar-refractivity contribution in [2.75, 3.05) is 6.61 Å². The van der Waals surface area contributed by atoms with Crippen molar-refractivity contribution in [2.45, 2.75) is 19.9 Å². The van der Waals surface area contributed by atoms with Gasteiger partial charge in [0.05, 0.1) is 23.7 Å². The van der Waals surface area contributed by atoms with Gasteiger partial charge in [-0.1, -0.05) is 6.92 Å². The minimum atomic E-state index is 0.401. The average molecular weight is 308 g/mol.